The molecule has 0 bridgehead atoms. The Balaban J connectivity index is -0.0000000385. The predicted molar refractivity (Wildman–Crippen MR) is 156 cm³/mol. The molecule has 11 heteroatoms. The predicted octanol–water partition coefficient (Wildman–Crippen LogP) is 6.01. The minimum Gasteiger partial charge on any atom is -0.466 e. The third-order valence-corrected chi connectivity index (χ3v) is 2.28. The molecule has 0 spiro atoms. The zero-order chi connectivity index (χ0) is 26.2. The molecule has 2 atom stereocenters. The molecule has 0 aliphatic rings. The van der Waals surface area contributed by atoms with Crippen LogP contribution in [0.4, 0.5) is 0 Å². The van der Waals surface area contributed by atoms with Crippen LogP contribution in [0.1, 0.15) is 62.2 Å². The average Bonchev–Trinajstić information content (AvgIpc) is 2.74. The number of esters is 1. The molecule has 0 aromatic rings. The van der Waals surface area contributed by atoms with E-state index < -0.39 is 0 Å². The Morgan fingerprint density at radius 3 is 1.49 bits per heavy atom. The summed E-state index contributed by atoms with van der Waals surface area (Å²) < 4.78 is 4.67. The number of rotatable bonds is 9. The van der Waals surface area contributed by atoms with Crippen LogP contribution >= 0.6 is 31.4 Å². The van der Waals surface area contributed by atoms with Crippen molar-refractivity contribution in [3.05, 3.63) is 49.6 Å². The van der Waals surface area contributed by atoms with E-state index in [-0.39, 0.29) is 71.6 Å². The van der Waals surface area contributed by atoms with E-state index in [1.165, 1.54) is 26.0 Å². The molecule has 0 aromatic carbocycles. The molecule has 0 radical (unpaired) electrons. The minimum absolute atomic E-state index is 0. The molecular formula is C24H44N2O5P2RuS. The molecule has 7 nitrogen and oxygen atoms in total. The Labute approximate surface area is 238 Å². The van der Waals surface area contributed by atoms with E-state index in [4.69, 9.17) is 10.5 Å². The maximum Gasteiger partial charge on any atom is 0.309 e. The Bertz CT molecular complexity index is 693. The zero-order valence-electron chi connectivity index (χ0n) is 20.4. The Morgan fingerprint density at radius 1 is 0.857 bits per heavy atom. The fourth-order valence-corrected chi connectivity index (χ4v) is 1.13. The van der Waals surface area contributed by atoms with Crippen LogP contribution in [0.3, 0.4) is 0 Å². The van der Waals surface area contributed by atoms with Crippen LogP contribution in [0.15, 0.2) is 49.6 Å². The first-order chi connectivity index (χ1) is 15.1. The van der Waals surface area contributed by atoms with E-state index in [1.807, 2.05) is 0 Å². The zero-order valence-corrected chi connectivity index (χ0v) is 25.4. The van der Waals surface area contributed by atoms with Crippen LogP contribution in [-0.2, 0) is 43.4 Å². The van der Waals surface area contributed by atoms with Gasteiger partial charge >= 0.3 is 5.97 Å². The van der Waals surface area contributed by atoms with Gasteiger partial charge in [0.1, 0.15) is 17.3 Å². The number of allylic oxidation sites excluding steroid dienone is 5. The van der Waals surface area contributed by atoms with Crippen LogP contribution in [0.5, 0.6) is 0 Å². The largest absolute Gasteiger partial charge is 0.466 e. The number of hydrogen-bond acceptors (Lipinski definition) is 7. The maximum absolute atomic E-state index is 10.7. The first-order valence-electron chi connectivity index (χ1n) is 9.40. The summed E-state index contributed by atoms with van der Waals surface area (Å²) in [6.07, 6.45) is 10.5. The molecular weight excluding hydrogens is 591 g/mol. The van der Waals surface area contributed by atoms with Crippen molar-refractivity contribution < 1.29 is 44.8 Å². The van der Waals surface area contributed by atoms with E-state index in [9.17, 15) is 19.2 Å². The van der Waals surface area contributed by atoms with Gasteiger partial charge in [-0.15, -0.1) is 24.4 Å². The van der Waals surface area contributed by atoms with Crippen LogP contribution in [0, 0.1) is 22.7 Å². The second-order valence-electron chi connectivity index (χ2n) is 5.35. The number of Topliss-reactive ketones (excluding diaryl/α,β-unsaturated/α-hetero) is 3. The summed E-state index contributed by atoms with van der Waals surface area (Å²) in [4.78, 5) is 41.3. The second kappa shape index (κ2) is 53.6. The quantitative estimate of drug-likeness (QED) is 0.0998. The molecule has 35 heavy (non-hydrogen) atoms. The number of carbonyl (C=O) groups excluding carboxylic acids is 4. The van der Waals surface area contributed by atoms with Crippen LogP contribution in [0.25, 0.3) is 0 Å². The van der Waals surface area contributed by atoms with Gasteiger partial charge in [-0.2, -0.15) is 24.0 Å². The Kier molecular flexibility index (Phi) is 83.0. The van der Waals surface area contributed by atoms with Crippen molar-refractivity contribution >= 4 is 54.7 Å². The molecule has 0 aliphatic carbocycles. The fraction of sp³-hybridized carbons (Fsp3) is 0.417. The SMILES string of the molecule is C.C=CC#N.C=CCC(C)=O.CC(=O)CC=CC#N.CCOC(=O)CC=CCC(C)=O.PP.S.[2HH].[Ru]. The van der Waals surface area contributed by atoms with Crippen LogP contribution in [-0.4, -0.2) is 29.9 Å². The van der Waals surface area contributed by atoms with Crippen molar-refractivity contribution in [3.8, 4) is 12.1 Å². The van der Waals surface area contributed by atoms with Crippen molar-refractivity contribution in [2.45, 2.75) is 60.8 Å². The third kappa shape index (κ3) is 99.2. The first-order valence-corrected chi connectivity index (χ1v) is 12.1. The normalized spacial score (nSPS) is 7.43. The van der Waals surface area contributed by atoms with Crippen molar-refractivity contribution in [1.29, 1.82) is 10.5 Å². The van der Waals surface area contributed by atoms with Gasteiger partial charge in [0.15, 0.2) is 0 Å². The molecule has 204 valence electrons. The van der Waals surface area contributed by atoms with Crippen molar-refractivity contribution in [1.82, 2.24) is 0 Å². The standard InChI is InChI=1S/C9H14O3.C6H7NO.C5H8O.C3H3N.CH4.H4P2.Ru.H2S.H2/c1-3-12-9(11)7-5-4-6-8(2)10;1-6(8)4-2-3-5-7;1-3-4-5(2)6;1-2-3-4;;1-2;;;/h4-5H,3,6-7H2,1-2H3;2-3H,4H2,1H3;3H,1,4H2,2H3;2H,1H2;1H4;1-2H2;;1H2;1H/i;;;;;;;;1+1. The molecule has 0 aromatic heterocycles. The van der Waals surface area contributed by atoms with E-state index in [0.29, 0.717) is 25.9 Å². The van der Waals surface area contributed by atoms with Crippen molar-refractivity contribution in [3.63, 3.8) is 0 Å². The number of ketones is 3. The van der Waals surface area contributed by atoms with Gasteiger partial charge in [0, 0.05) is 52.3 Å². The molecule has 2 unspecified atom stereocenters. The van der Waals surface area contributed by atoms with Gasteiger partial charge in [0.05, 0.1) is 25.2 Å². The van der Waals surface area contributed by atoms with Gasteiger partial charge in [-0.05, 0) is 27.7 Å². The summed E-state index contributed by atoms with van der Waals surface area (Å²) in [7, 11) is 4.67. The number of nitrogens with zero attached hydrogens (tertiary/aromatic N) is 2. The molecule has 0 saturated carbocycles. The molecule has 0 aliphatic heterocycles. The molecule has 0 N–H and O–H groups in total. The van der Waals surface area contributed by atoms with Gasteiger partial charge in [-0.3, -0.25) is 19.2 Å². The number of hydrogen-bond donors (Lipinski definition) is 0. The van der Waals surface area contributed by atoms with E-state index >= 15 is 0 Å². The van der Waals surface area contributed by atoms with Gasteiger partial charge in [0.2, 0.25) is 0 Å². The van der Waals surface area contributed by atoms with Gasteiger partial charge < -0.3 is 4.74 Å². The number of nitriles is 2. The van der Waals surface area contributed by atoms with E-state index in [2.05, 4.69) is 35.8 Å². The third-order valence-electron chi connectivity index (χ3n) is 2.28. The Morgan fingerprint density at radius 2 is 1.23 bits per heavy atom. The minimum atomic E-state index is -0.252. The first kappa shape index (κ1) is 54.2. The second-order valence-corrected chi connectivity index (χ2v) is 5.35. The Hall–Kier alpha value is -1.75. The molecule has 0 saturated heterocycles. The van der Waals surface area contributed by atoms with Gasteiger partial charge in [-0.25, -0.2) is 0 Å². The smallest absolute Gasteiger partial charge is 0.309 e. The van der Waals surface area contributed by atoms with Crippen molar-refractivity contribution in [2.75, 3.05) is 6.61 Å². The van der Waals surface area contributed by atoms with E-state index in [1.54, 1.807) is 50.3 Å². The maximum atomic E-state index is 10.7. The molecule has 0 amide bonds. The number of carbonyl (C=O) groups is 4. The summed E-state index contributed by atoms with van der Waals surface area (Å²) in [5.41, 5.74) is 0. The summed E-state index contributed by atoms with van der Waals surface area (Å²) in [5, 5.41) is 15.4. The summed E-state index contributed by atoms with van der Waals surface area (Å²) in [5.74, 6) is 0.0916. The van der Waals surface area contributed by atoms with Crippen LogP contribution < -0.4 is 0 Å². The molecule has 0 heterocycles. The monoisotopic (exact) mass is 637 g/mol. The van der Waals surface area contributed by atoms with E-state index in [0.717, 1.165) is 0 Å². The van der Waals surface area contributed by atoms with Gasteiger partial charge in [0.25, 0.3) is 0 Å². The fourth-order valence-electron chi connectivity index (χ4n) is 1.13. The van der Waals surface area contributed by atoms with Crippen molar-refractivity contribution in [2.24, 2.45) is 0 Å². The summed E-state index contributed by atoms with van der Waals surface area (Å²) in [6.45, 7) is 13.2. The molecule has 0 fully saturated rings. The number of ether oxygens (including phenoxy) is 1. The average molecular weight is 637 g/mol. The summed E-state index contributed by atoms with van der Waals surface area (Å²) >= 11 is 0. The molecule has 0 rings (SSSR count). The summed E-state index contributed by atoms with van der Waals surface area (Å²) in [6, 6.07) is 3.48. The van der Waals surface area contributed by atoms with Crippen LogP contribution in [0.2, 0.25) is 0 Å². The topological polar surface area (TPSA) is 125 Å². The van der Waals surface area contributed by atoms with Gasteiger partial charge in [-0.1, -0.05) is 38.3 Å².